The fourth-order valence-corrected chi connectivity index (χ4v) is 14.4. The molecule has 0 heterocycles. The molecule has 3 aromatic carbocycles. The Morgan fingerprint density at radius 3 is 1.93 bits per heavy atom. The van der Waals surface area contributed by atoms with Crippen LogP contribution in [0.5, 0.6) is 11.5 Å². The van der Waals surface area contributed by atoms with Crippen molar-refractivity contribution in [3.8, 4) is 11.5 Å². The van der Waals surface area contributed by atoms with Crippen molar-refractivity contribution < 1.29 is 28.8 Å². The second-order valence-corrected chi connectivity index (χ2v) is 23.3. The maximum Gasteiger partial charge on any atom is 0.407 e. The summed E-state index contributed by atoms with van der Waals surface area (Å²) in [5.74, 6) is 6.64. The molecular formula is C63H93NO6. The van der Waals surface area contributed by atoms with E-state index in [-0.39, 0.29) is 17.6 Å². The highest BCUT2D eigenvalue weighted by molar-refractivity contribution is 5.67. The highest BCUT2D eigenvalue weighted by atomic mass is 16.6. The van der Waals surface area contributed by atoms with E-state index in [9.17, 15) is 9.90 Å². The number of methoxy groups -OCH3 is 2. The Morgan fingerprint density at radius 1 is 0.686 bits per heavy atom. The van der Waals surface area contributed by atoms with Gasteiger partial charge in [-0.05, 0) is 152 Å². The van der Waals surface area contributed by atoms with Gasteiger partial charge in [-0.3, -0.25) is 0 Å². The number of amides is 1. The number of allylic oxidation sites excluding steroid dienone is 1. The Balaban J connectivity index is 0.743. The monoisotopic (exact) mass is 960 g/mol. The van der Waals surface area contributed by atoms with Crippen LogP contribution in [0.15, 0.2) is 90.5 Å². The molecule has 0 aliphatic heterocycles. The van der Waals surface area contributed by atoms with Gasteiger partial charge in [0, 0.05) is 13.0 Å². The molecule has 9 atom stereocenters. The van der Waals surface area contributed by atoms with Crippen LogP contribution in [0.2, 0.25) is 0 Å². The Kier molecular flexibility index (Phi) is 19.8. The van der Waals surface area contributed by atoms with Gasteiger partial charge in [0.1, 0.15) is 23.2 Å². The molecule has 3 fully saturated rings. The Morgan fingerprint density at radius 2 is 1.30 bits per heavy atom. The van der Waals surface area contributed by atoms with Crippen molar-refractivity contribution in [3.63, 3.8) is 0 Å². The molecule has 70 heavy (non-hydrogen) atoms. The number of carbonyl (C=O) groups is 1. The summed E-state index contributed by atoms with van der Waals surface area (Å²) >= 11 is 0. The molecule has 7 heteroatoms. The van der Waals surface area contributed by atoms with Crippen LogP contribution in [0.25, 0.3) is 0 Å². The third-order valence-electron chi connectivity index (χ3n) is 18.5. The fourth-order valence-electron chi connectivity index (χ4n) is 14.4. The van der Waals surface area contributed by atoms with Gasteiger partial charge in [0.05, 0.1) is 26.9 Å². The average Bonchev–Trinajstić information content (AvgIpc) is 3.73. The molecule has 3 aromatic rings. The first-order chi connectivity index (χ1) is 33.9. The van der Waals surface area contributed by atoms with E-state index < -0.39 is 11.7 Å². The molecule has 4 unspecified atom stereocenters. The topological polar surface area (TPSA) is 86.2 Å². The Hall–Kier alpha value is -3.81. The van der Waals surface area contributed by atoms with Crippen molar-refractivity contribution in [1.82, 2.24) is 5.32 Å². The van der Waals surface area contributed by atoms with Gasteiger partial charge in [0.15, 0.2) is 0 Å². The zero-order valence-corrected chi connectivity index (χ0v) is 44.7. The van der Waals surface area contributed by atoms with Crippen LogP contribution in [-0.4, -0.2) is 50.8 Å². The van der Waals surface area contributed by atoms with Crippen LogP contribution in [-0.2, 0) is 15.1 Å². The average molecular weight is 960 g/mol. The standard InChI is InChI=1S/C63H93NO6/c1-46(2)21-20-22-47(3)57-36-37-58-56-35-30-51-45-55(38-41-61(51,4)59(56)39-42-62(57,58)5)70-60(66)64-43-19-14-12-10-8-9-11-13-18-25-52(65)40-44-69-63(48-23-16-15-17-24-48,49-26-31-53(67-6)32-27-49)50-28-33-54(68-7)34-29-50/h15-17,23-24,26-34,46-47,52,55-59,65H,8-14,18-22,25,35-45H2,1-7H3,(H,64,66)/t47-,52?,55+,56?,57-,58?,59?,61+,62-/m0/s1. The third kappa shape index (κ3) is 13.0. The molecule has 0 spiro atoms. The summed E-state index contributed by atoms with van der Waals surface area (Å²) in [6, 6.07) is 26.5. The fraction of sp³-hybridized carbons (Fsp3) is 0.667. The van der Waals surface area contributed by atoms with Crippen LogP contribution >= 0.6 is 0 Å². The van der Waals surface area contributed by atoms with Gasteiger partial charge in [-0.25, -0.2) is 4.79 Å². The lowest BCUT2D eigenvalue weighted by Crippen LogP contribution is -2.51. The Labute approximate surface area is 424 Å². The quantitative estimate of drug-likeness (QED) is 0.0450. The normalized spacial score (nSPS) is 26.1. The van der Waals surface area contributed by atoms with E-state index >= 15 is 0 Å². The first-order valence-electron chi connectivity index (χ1n) is 28.2. The molecule has 1 amide bonds. The number of alkyl carbamates (subject to hydrolysis) is 1. The second-order valence-electron chi connectivity index (χ2n) is 23.3. The number of unbranched alkanes of at least 4 members (excludes halogenated alkanes) is 8. The zero-order valence-electron chi connectivity index (χ0n) is 44.7. The molecule has 0 aromatic heterocycles. The van der Waals surface area contributed by atoms with Crippen LogP contribution in [0.3, 0.4) is 0 Å². The van der Waals surface area contributed by atoms with E-state index in [0.717, 1.165) is 115 Å². The molecule has 2 N–H and O–H groups in total. The van der Waals surface area contributed by atoms with Crippen LogP contribution in [0.1, 0.15) is 193 Å². The molecule has 4 aliphatic rings. The van der Waals surface area contributed by atoms with Crippen LogP contribution < -0.4 is 14.8 Å². The summed E-state index contributed by atoms with van der Waals surface area (Å²) in [5.41, 5.74) is 4.52. The van der Waals surface area contributed by atoms with Crippen molar-refractivity contribution in [2.45, 2.75) is 194 Å². The first kappa shape index (κ1) is 54.0. The number of benzene rings is 3. The summed E-state index contributed by atoms with van der Waals surface area (Å²) in [5, 5.41) is 14.1. The zero-order chi connectivity index (χ0) is 49.6. The molecule has 4 aliphatic carbocycles. The SMILES string of the molecule is COc1ccc(C(OCCC(O)CCCCCCCCCCCNC(=O)O[C@@H]2CC[C@]3(C)C(=CCC4C3CC[C@]3(C)C4CC[C@H]3[C@@H](C)CCCC(C)C)C2)(c2ccccc2)c2ccc(OC)cc2)cc1. The van der Waals surface area contributed by atoms with Gasteiger partial charge >= 0.3 is 6.09 Å². The number of aliphatic hydroxyl groups excluding tert-OH is 1. The number of aliphatic hydroxyl groups is 1. The molecule has 0 saturated heterocycles. The lowest BCUT2D eigenvalue weighted by atomic mass is 9.47. The lowest BCUT2D eigenvalue weighted by molar-refractivity contribution is -0.0581. The molecule has 3 saturated carbocycles. The largest absolute Gasteiger partial charge is 0.497 e. The molecular weight excluding hydrogens is 867 g/mol. The third-order valence-corrected chi connectivity index (χ3v) is 18.5. The molecule has 386 valence electrons. The molecule has 7 nitrogen and oxygen atoms in total. The first-order valence-corrected chi connectivity index (χ1v) is 28.2. The van der Waals surface area contributed by atoms with Crippen molar-refractivity contribution in [2.24, 2.45) is 46.3 Å². The van der Waals surface area contributed by atoms with Crippen molar-refractivity contribution in [3.05, 3.63) is 107 Å². The number of nitrogens with one attached hydrogen (secondary N) is 1. The van der Waals surface area contributed by atoms with Crippen LogP contribution in [0.4, 0.5) is 4.79 Å². The van der Waals surface area contributed by atoms with Gasteiger partial charge in [-0.15, -0.1) is 0 Å². The number of ether oxygens (including phenoxy) is 4. The number of hydrogen-bond acceptors (Lipinski definition) is 6. The van der Waals surface area contributed by atoms with E-state index in [1.54, 1.807) is 19.8 Å². The van der Waals surface area contributed by atoms with Crippen molar-refractivity contribution in [2.75, 3.05) is 27.4 Å². The van der Waals surface area contributed by atoms with Gasteiger partial charge < -0.3 is 29.4 Å². The van der Waals surface area contributed by atoms with E-state index in [2.05, 4.69) is 82.4 Å². The van der Waals surface area contributed by atoms with Gasteiger partial charge in [-0.2, -0.15) is 0 Å². The van der Waals surface area contributed by atoms with E-state index in [0.29, 0.717) is 25.0 Å². The highest BCUT2D eigenvalue weighted by Crippen LogP contribution is 2.67. The maximum absolute atomic E-state index is 12.9. The minimum atomic E-state index is -0.874. The molecule has 7 rings (SSSR count). The number of carbonyl (C=O) groups excluding carboxylic acids is 1. The number of fused-ring (bicyclic) bond motifs is 5. The summed E-state index contributed by atoms with van der Waals surface area (Å²) < 4.78 is 24.0. The Bertz CT molecular complexity index is 2000. The number of rotatable bonds is 27. The molecule has 0 bridgehead atoms. The minimum Gasteiger partial charge on any atom is -0.497 e. The second kappa shape index (κ2) is 25.7. The predicted octanol–water partition coefficient (Wildman–Crippen LogP) is 15.8. The van der Waals surface area contributed by atoms with Crippen molar-refractivity contribution in [1.29, 1.82) is 0 Å². The minimum absolute atomic E-state index is 0.00580. The van der Waals surface area contributed by atoms with Gasteiger partial charge in [0.25, 0.3) is 0 Å². The molecule has 0 radical (unpaired) electrons. The van der Waals surface area contributed by atoms with E-state index in [4.69, 9.17) is 18.9 Å². The van der Waals surface area contributed by atoms with Crippen molar-refractivity contribution >= 4 is 6.09 Å². The van der Waals surface area contributed by atoms with Crippen LogP contribution in [0, 0.1) is 46.3 Å². The summed E-state index contributed by atoms with van der Waals surface area (Å²) in [7, 11) is 3.35. The van der Waals surface area contributed by atoms with Gasteiger partial charge in [-0.1, -0.05) is 171 Å². The summed E-state index contributed by atoms with van der Waals surface area (Å²) in [4.78, 5) is 12.9. The highest BCUT2D eigenvalue weighted by Gasteiger charge is 2.59. The smallest absolute Gasteiger partial charge is 0.407 e. The van der Waals surface area contributed by atoms with E-state index in [1.807, 2.05) is 42.5 Å². The van der Waals surface area contributed by atoms with E-state index in [1.165, 1.54) is 83.5 Å². The lowest BCUT2D eigenvalue weighted by Gasteiger charge is -2.58. The number of hydrogen-bond donors (Lipinski definition) is 2. The summed E-state index contributed by atoms with van der Waals surface area (Å²) in [6.45, 7) is 13.7. The maximum atomic E-state index is 12.9. The van der Waals surface area contributed by atoms with Gasteiger partial charge in [0.2, 0.25) is 0 Å². The summed E-state index contributed by atoms with van der Waals surface area (Å²) in [6.07, 6.45) is 27.8. The predicted molar refractivity (Wildman–Crippen MR) is 286 cm³/mol.